The Morgan fingerprint density at radius 2 is 2.28 bits per heavy atom. The van der Waals surface area contributed by atoms with Gasteiger partial charge in [-0.05, 0) is 32.2 Å². The van der Waals surface area contributed by atoms with Gasteiger partial charge in [-0.3, -0.25) is 9.69 Å². The van der Waals surface area contributed by atoms with E-state index < -0.39 is 24.4 Å². The highest BCUT2D eigenvalue weighted by molar-refractivity contribution is 7.09. The quantitative estimate of drug-likeness (QED) is 0.454. The molecule has 1 aliphatic heterocycles. The van der Waals surface area contributed by atoms with E-state index >= 15 is 0 Å². The van der Waals surface area contributed by atoms with Gasteiger partial charge in [0.15, 0.2) is 0 Å². The number of thiazole rings is 1. The fourth-order valence-electron chi connectivity index (χ4n) is 3.19. The van der Waals surface area contributed by atoms with Crippen LogP contribution < -0.4 is 20.8 Å². The van der Waals surface area contributed by atoms with Gasteiger partial charge in [-0.25, -0.2) is 18.8 Å². The van der Waals surface area contributed by atoms with Crippen LogP contribution in [0, 0.1) is 6.92 Å². The zero-order valence-electron chi connectivity index (χ0n) is 16.5. The summed E-state index contributed by atoms with van der Waals surface area (Å²) in [5.41, 5.74) is 9.51. The van der Waals surface area contributed by atoms with Gasteiger partial charge in [-0.15, -0.1) is 11.3 Å². The second kappa shape index (κ2) is 8.42. The number of nitrogens with two attached hydrogens (primary N) is 1. The Morgan fingerprint density at radius 3 is 2.86 bits per heavy atom. The van der Waals surface area contributed by atoms with E-state index in [2.05, 4.69) is 15.3 Å². The molecule has 1 aromatic heterocycles. The molecule has 1 aliphatic rings. The number of likely N-dealkylation sites (tertiary alicyclic amines) is 1. The van der Waals surface area contributed by atoms with E-state index in [0.29, 0.717) is 23.6 Å². The minimum atomic E-state index is -2.99. The molecule has 29 heavy (non-hydrogen) atoms. The lowest BCUT2D eigenvalue weighted by molar-refractivity contribution is -0.418. The number of amides is 1. The number of nitrogens with one attached hydrogen (secondary N) is 2. The van der Waals surface area contributed by atoms with Crippen LogP contribution in [0.5, 0.6) is 5.75 Å². The van der Waals surface area contributed by atoms with Gasteiger partial charge < -0.3 is 15.8 Å². The predicted octanol–water partition coefficient (Wildman–Crippen LogP) is 0.178. The van der Waals surface area contributed by atoms with Crippen molar-refractivity contribution in [2.45, 2.75) is 25.5 Å². The van der Waals surface area contributed by atoms with Crippen LogP contribution in [0.25, 0.3) is 0 Å². The summed E-state index contributed by atoms with van der Waals surface area (Å²) in [5, 5.41) is 2.42. The average Bonchev–Trinajstić information content (AvgIpc) is 3.17. The minimum Gasteiger partial charge on any atom is -0.488 e. The predicted molar refractivity (Wildman–Crippen MR) is 107 cm³/mol. The van der Waals surface area contributed by atoms with E-state index in [1.807, 2.05) is 6.92 Å². The highest BCUT2D eigenvalue weighted by Gasteiger charge is 2.48. The number of halogens is 2. The van der Waals surface area contributed by atoms with Crippen molar-refractivity contribution >= 4 is 28.6 Å². The number of alkyl halides is 2. The molecule has 156 valence electrons. The summed E-state index contributed by atoms with van der Waals surface area (Å²) < 4.78 is 33.9. The van der Waals surface area contributed by atoms with Gasteiger partial charge in [0.25, 0.3) is 11.6 Å². The van der Waals surface area contributed by atoms with Gasteiger partial charge in [0.1, 0.15) is 25.4 Å². The van der Waals surface area contributed by atoms with Crippen molar-refractivity contribution in [2.24, 2.45) is 0 Å². The second-order valence-corrected chi connectivity index (χ2v) is 7.95. The molecular formula is C19H24F2N5O2S+. The molecule has 1 atom stereocenters. The van der Waals surface area contributed by atoms with Crippen LogP contribution >= 0.6 is 11.3 Å². The molecule has 1 amide bonds. The van der Waals surface area contributed by atoms with Crippen LogP contribution in [-0.4, -0.2) is 60.7 Å². The first-order valence-electron chi connectivity index (χ1n) is 9.05. The second-order valence-electron chi connectivity index (χ2n) is 7.01. The van der Waals surface area contributed by atoms with Gasteiger partial charge in [0.05, 0.1) is 28.2 Å². The largest absolute Gasteiger partial charge is 0.488 e. The maximum absolute atomic E-state index is 14.1. The lowest BCUT2D eigenvalue weighted by Gasteiger charge is -2.18. The van der Waals surface area contributed by atoms with Crippen LogP contribution in [0.2, 0.25) is 0 Å². The lowest BCUT2D eigenvalue weighted by atomic mass is 10.1. The number of aryl methyl sites for hydroxylation is 1. The number of likely N-dealkylation sites (N-methyl/N-ethyl adjacent to an activating group) is 1. The molecule has 1 fully saturated rings. The number of anilines is 1. The van der Waals surface area contributed by atoms with Gasteiger partial charge in [0.2, 0.25) is 0 Å². The molecule has 10 heteroatoms. The number of carbonyl (C=O) groups excluding carboxylic acids is 1. The smallest absolute Gasteiger partial charge is 0.316 e. The van der Waals surface area contributed by atoms with Crippen molar-refractivity contribution in [3.63, 3.8) is 0 Å². The van der Waals surface area contributed by atoms with E-state index in [-0.39, 0.29) is 12.3 Å². The zero-order valence-corrected chi connectivity index (χ0v) is 17.3. The number of benzene rings is 1. The minimum absolute atomic E-state index is 0.0720. The Kier molecular flexibility index (Phi) is 6.13. The number of carbonyl (C=O) groups is 1. The SMILES string of the molecule is C[NH+]=C(C(=O)NC1CN(C)CC1(F)F)c1cc(OCc2scnc2C)ccc1N. The Morgan fingerprint density at radius 1 is 1.52 bits per heavy atom. The Labute approximate surface area is 171 Å². The van der Waals surface area contributed by atoms with Crippen LogP contribution in [0.4, 0.5) is 14.5 Å². The first-order chi connectivity index (χ1) is 13.7. The standard InChI is InChI=1S/C19H23F2N5O2S/c1-11-15(29-10-24-11)8-28-12-4-5-14(22)13(6-12)17(23-2)18(27)25-16-7-26(3)9-19(16,20)21/h4-6,10,16H,7-9,22H2,1-3H3,(H,25,27)/p+1. The van der Waals surface area contributed by atoms with Gasteiger partial charge in [-0.1, -0.05) is 0 Å². The van der Waals surface area contributed by atoms with Crippen molar-refractivity contribution in [2.75, 3.05) is 32.9 Å². The van der Waals surface area contributed by atoms with Crippen LogP contribution in [0.15, 0.2) is 23.7 Å². The fourth-order valence-corrected chi connectivity index (χ4v) is 3.88. The van der Waals surface area contributed by atoms with E-state index in [9.17, 15) is 13.6 Å². The lowest BCUT2D eigenvalue weighted by Crippen LogP contribution is -2.72. The number of hydrogen-bond acceptors (Lipinski definition) is 6. The van der Waals surface area contributed by atoms with Crippen molar-refractivity contribution in [1.82, 2.24) is 15.2 Å². The summed E-state index contributed by atoms with van der Waals surface area (Å²) in [4.78, 5) is 22.1. The van der Waals surface area contributed by atoms with Crippen LogP contribution in [0.1, 0.15) is 16.1 Å². The van der Waals surface area contributed by atoms with Crippen molar-refractivity contribution in [3.05, 3.63) is 39.8 Å². The molecule has 0 spiro atoms. The third-order valence-corrected chi connectivity index (χ3v) is 5.68. The monoisotopic (exact) mass is 424 g/mol. The first-order valence-corrected chi connectivity index (χ1v) is 9.93. The normalized spacial score (nSPS) is 19.3. The van der Waals surface area contributed by atoms with Gasteiger partial charge in [-0.2, -0.15) is 0 Å². The summed E-state index contributed by atoms with van der Waals surface area (Å²) in [6, 6.07) is 3.67. The van der Waals surface area contributed by atoms with E-state index in [4.69, 9.17) is 10.5 Å². The highest BCUT2D eigenvalue weighted by Crippen LogP contribution is 2.27. The van der Waals surface area contributed by atoms with E-state index in [1.54, 1.807) is 37.8 Å². The molecule has 2 heterocycles. The molecule has 0 aliphatic carbocycles. The number of aromatic nitrogens is 1. The molecular weight excluding hydrogens is 400 g/mol. The third kappa shape index (κ3) is 4.70. The highest BCUT2D eigenvalue weighted by atomic mass is 32.1. The van der Waals surface area contributed by atoms with Gasteiger partial charge >= 0.3 is 5.91 Å². The summed E-state index contributed by atoms with van der Waals surface area (Å²) in [6.45, 7) is 1.91. The topological polar surface area (TPSA) is 94.5 Å². The van der Waals surface area contributed by atoms with Crippen LogP contribution in [0.3, 0.4) is 0 Å². The number of ether oxygens (including phenoxy) is 1. The molecule has 2 aromatic rings. The number of nitrogens with zero attached hydrogens (tertiary/aromatic N) is 2. The first kappa shape index (κ1) is 21.1. The maximum atomic E-state index is 14.1. The molecule has 0 bridgehead atoms. The molecule has 1 aromatic carbocycles. The van der Waals surface area contributed by atoms with Crippen LogP contribution in [-0.2, 0) is 11.4 Å². The Balaban J connectivity index is 1.76. The zero-order chi connectivity index (χ0) is 21.2. The Bertz CT molecular complexity index is 931. The van der Waals surface area contributed by atoms with E-state index in [1.165, 1.54) is 16.2 Å². The molecule has 1 unspecified atom stereocenters. The van der Waals surface area contributed by atoms with Crippen molar-refractivity contribution < 1.29 is 23.3 Å². The molecule has 0 radical (unpaired) electrons. The molecule has 3 rings (SSSR count). The summed E-state index contributed by atoms with van der Waals surface area (Å²) in [5.74, 6) is -3.13. The Hall–Kier alpha value is -2.59. The van der Waals surface area contributed by atoms with E-state index in [0.717, 1.165) is 10.6 Å². The maximum Gasteiger partial charge on any atom is 0.316 e. The molecule has 4 N–H and O–H groups in total. The van der Waals surface area contributed by atoms with Gasteiger partial charge in [0, 0.05) is 12.2 Å². The summed E-state index contributed by atoms with van der Waals surface area (Å²) in [6.07, 6.45) is 0. The summed E-state index contributed by atoms with van der Waals surface area (Å²) in [7, 11) is 3.13. The molecule has 1 saturated heterocycles. The third-order valence-electron chi connectivity index (χ3n) is 4.78. The summed E-state index contributed by atoms with van der Waals surface area (Å²) >= 11 is 1.49. The fraction of sp³-hybridized carbons (Fsp3) is 0.421. The number of nitrogen functional groups attached to an aromatic ring is 1. The average molecular weight is 424 g/mol. The number of hydrogen-bond donors (Lipinski definition) is 3. The van der Waals surface area contributed by atoms with Crippen molar-refractivity contribution in [1.29, 1.82) is 0 Å². The van der Waals surface area contributed by atoms with Crippen molar-refractivity contribution in [3.8, 4) is 5.75 Å². The number of rotatable bonds is 6. The molecule has 7 nitrogen and oxygen atoms in total. The molecule has 0 saturated carbocycles.